The van der Waals surface area contributed by atoms with Crippen LogP contribution in [0.25, 0.3) is 0 Å². The Hall–Kier alpha value is -1.15. The lowest BCUT2D eigenvalue weighted by Crippen LogP contribution is -2.27. The lowest BCUT2D eigenvalue weighted by Gasteiger charge is -2.22. The summed E-state index contributed by atoms with van der Waals surface area (Å²) in [5.74, 6) is 0.283. The van der Waals surface area contributed by atoms with Crippen LogP contribution >= 0.6 is 0 Å². The fraction of sp³-hybridized carbons (Fsp3) is 0.467. The van der Waals surface area contributed by atoms with Crippen LogP contribution in [0.2, 0.25) is 0 Å². The van der Waals surface area contributed by atoms with Gasteiger partial charge in [-0.1, -0.05) is 19.1 Å². The Bertz CT molecular complexity index is 394. The number of benzene rings is 1. The lowest BCUT2D eigenvalue weighted by molar-refractivity contribution is 0.514. The maximum absolute atomic E-state index is 13.3. The van der Waals surface area contributed by atoms with Gasteiger partial charge in [0, 0.05) is 6.04 Å². The molecule has 1 aromatic rings. The summed E-state index contributed by atoms with van der Waals surface area (Å²) in [5, 5.41) is 3.52. The summed E-state index contributed by atoms with van der Waals surface area (Å²) in [6, 6.07) is 5.67. The molecule has 0 radical (unpaired) electrons. The quantitative estimate of drug-likeness (QED) is 0.786. The number of halogens is 1. The Balaban J connectivity index is 2.25. The first-order valence-corrected chi connectivity index (χ1v) is 6.35. The molecule has 2 rings (SSSR count). The van der Waals surface area contributed by atoms with Gasteiger partial charge in [-0.25, -0.2) is 4.39 Å². The van der Waals surface area contributed by atoms with Crippen molar-refractivity contribution in [2.75, 3.05) is 6.54 Å². The minimum Gasteiger partial charge on any atom is -0.313 e. The van der Waals surface area contributed by atoms with Gasteiger partial charge in [0.25, 0.3) is 0 Å². The van der Waals surface area contributed by atoms with Crippen LogP contribution in [-0.2, 0) is 6.42 Å². The van der Waals surface area contributed by atoms with Crippen molar-refractivity contribution in [2.24, 2.45) is 0 Å². The van der Waals surface area contributed by atoms with Gasteiger partial charge in [0.05, 0.1) is 0 Å². The van der Waals surface area contributed by atoms with E-state index in [9.17, 15) is 4.39 Å². The third-order valence-corrected chi connectivity index (χ3v) is 3.66. The second kappa shape index (κ2) is 5.46. The maximum Gasteiger partial charge on any atom is 0.123 e. The van der Waals surface area contributed by atoms with Crippen molar-refractivity contribution in [3.63, 3.8) is 0 Å². The minimum absolute atomic E-state index is 0.155. The van der Waals surface area contributed by atoms with Crippen LogP contribution in [0.5, 0.6) is 0 Å². The van der Waals surface area contributed by atoms with Crippen LogP contribution in [0, 0.1) is 5.82 Å². The first-order chi connectivity index (χ1) is 8.22. The molecule has 1 aliphatic heterocycles. The van der Waals surface area contributed by atoms with E-state index in [0.29, 0.717) is 12.0 Å². The highest BCUT2D eigenvalue weighted by atomic mass is 19.1. The van der Waals surface area contributed by atoms with Gasteiger partial charge in [-0.3, -0.25) is 0 Å². The largest absolute Gasteiger partial charge is 0.313 e. The van der Waals surface area contributed by atoms with Gasteiger partial charge in [0.1, 0.15) is 5.82 Å². The van der Waals surface area contributed by atoms with Gasteiger partial charge >= 0.3 is 0 Å². The number of rotatable bonds is 4. The topological polar surface area (TPSA) is 12.0 Å². The molecule has 1 aliphatic rings. The van der Waals surface area contributed by atoms with Gasteiger partial charge in [-0.2, -0.15) is 0 Å². The average molecular weight is 233 g/mol. The zero-order chi connectivity index (χ0) is 12.3. The number of allylic oxidation sites excluding steroid dienone is 1. The van der Waals surface area contributed by atoms with E-state index >= 15 is 0 Å². The first kappa shape index (κ1) is 12.3. The van der Waals surface area contributed by atoms with Crippen molar-refractivity contribution in [1.82, 2.24) is 5.32 Å². The molecule has 2 atom stereocenters. The van der Waals surface area contributed by atoms with Crippen LogP contribution < -0.4 is 5.32 Å². The molecule has 1 fully saturated rings. The summed E-state index contributed by atoms with van der Waals surface area (Å²) in [7, 11) is 0. The standard InChI is InChI=1S/C15H20FN/c1-3-5-12-10-13(16)7-8-14(12)11(2)15-6-4-9-17-15/h3,7-8,10-11,15,17H,1,4-6,9H2,2H3. The van der Waals surface area contributed by atoms with E-state index in [4.69, 9.17) is 0 Å². The molecular weight excluding hydrogens is 213 g/mol. The third-order valence-electron chi connectivity index (χ3n) is 3.66. The predicted molar refractivity (Wildman–Crippen MR) is 69.7 cm³/mol. The molecule has 0 spiro atoms. The number of hydrogen-bond donors (Lipinski definition) is 1. The van der Waals surface area contributed by atoms with Crippen LogP contribution in [-0.4, -0.2) is 12.6 Å². The summed E-state index contributed by atoms with van der Waals surface area (Å²) in [6.45, 7) is 7.07. The van der Waals surface area contributed by atoms with Crippen molar-refractivity contribution in [3.05, 3.63) is 47.8 Å². The molecule has 17 heavy (non-hydrogen) atoms. The van der Waals surface area contributed by atoms with Gasteiger partial charge in [0.2, 0.25) is 0 Å². The molecule has 2 heteroatoms. The summed E-state index contributed by atoms with van der Waals surface area (Å²) >= 11 is 0. The van der Waals surface area contributed by atoms with E-state index in [0.717, 1.165) is 18.5 Å². The summed E-state index contributed by atoms with van der Waals surface area (Å²) in [5.41, 5.74) is 2.33. The maximum atomic E-state index is 13.3. The smallest absolute Gasteiger partial charge is 0.123 e. The molecular formula is C15H20FN. The van der Waals surface area contributed by atoms with Crippen LogP contribution in [0.4, 0.5) is 4.39 Å². The normalized spacial score (nSPS) is 21.4. The van der Waals surface area contributed by atoms with Crippen LogP contribution in [0.1, 0.15) is 36.8 Å². The molecule has 92 valence electrons. The third kappa shape index (κ3) is 2.75. The Kier molecular flexibility index (Phi) is 3.95. The highest BCUT2D eigenvalue weighted by Gasteiger charge is 2.23. The number of nitrogens with one attached hydrogen (secondary N) is 1. The van der Waals surface area contributed by atoms with E-state index < -0.39 is 0 Å². The fourth-order valence-electron chi connectivity index (χ4n) is 2.71. The molecule has 1 N–H and O–H groups in total. The zero-order valence-corrected chi connectivity index (χ0v) is 10.4. The summed E-state index contributed by atoms with van der Waals surface area (Å²) in [4.78, 5) is 0. The zero-order valence-electron chi connectivity index (χ0n) is 10.4. The van der Waals surface area contributed by atoms with Crippen LogP contribution in [0.3, 0.4) is 0 Å². The molecule has 2 unspecified atom stereocenters. The van der Waals surface area contributed by atoms with Crippen molar-refractivity contribution in [2.45, 2.75) is 38.1 Å². The molecule has 0 bridgehead atoms. The van der Waals surface area contributed by atoms with Crippen molar-refractivity contribution >= 4 is 0 Å². The summed E-state index contributed by atoms with van der Waals surface area (Å²) in [6.07, 6.45) is 5.04. The monoisotopic (exact) mass is 233 g/mol. The Morgan fingerprint density at radius 3 is 3.06 bits per heavy atom. The number of hydrogen-bond acceptors (Lipinski definition) is 1. The minimum atomic E-state index is -0.155. The summed E-state index contributed by atoms with van der Waals surface area (Å²) < 4.78 is 13.3. The van der Waals surface area contributed by atoms with Gasteiger partial charge in [0.15, 0.2) is 0 Å². The highest BCUT2D eigenvalue weighted by molar-refractivity contribution is 5.33. The fourth-order valence-corrected chi connectivity index (χ4v) is 2.71. The van der Waals surface area contributed by atoms with Crippen molar-refractivity contribution < 1.29 is 4.39 Å². The van der Waals surface area contributed by atoms with Crippen molar-refractivity contribution in [3.8, 4) is 0 Å². The predicted octanol–water partition coefficient (Wildman–Crippen LogP) is 3.41. The molecule has 1 nitrogen and oxygen atoms in total. The van der Waals surface area contributed by atoms with Crippen LogP contribution in [0.15, 0.2) is 30.9 Å². The van der Waals surface area contributed by atoms with E-state index in [-0.39, 0.29) is 5.82 Å². The van der Waals surface area contributed by atoms with E-state index in [1.807, 2.05) is 12.1 Å². The first-order valence-electron chi connectivity index (χ1n) is 6.35. The van der Waals surface area contributed by atoms with E-state index in [1.165, 1.54) is 18.4 Å². The van der Waals surface area contributed by atoms with Gasteiger partial charge in [-0.15, -0.1) is 6.58 Å². The Labute approximate surface area is 103 Å². The van der Waals surface area contributed by atoms with Crippen molar-refractivity contribution in [1.29, 1.82) is 0 Å². The molecule has 0 saturated carbocycles. The molecule has 1 saturated heterocycles. The molecule has 0 aromatic heterocycles. The highest BCUT2D eigenvalue weighted by Crippen LogP contribution is 2.28. The SMILES string of the molecule is C=CCc1cc(F)ccc1C(C)C1CCCN1. The second-order valence-electron chi connectivity index (χ2n) is 4.83. The molecule has 1 aromatic carbocycles. The lowest BCUT2D eigenvalue weighted by atomic mass is 9.88. The molecule has 0 aliphatic carbocycles. The molecule has 1 heterocycles. The Morgan fingerprint density at radius 2 is 2.41 bits per heavy atom. The van der Waals surface area contributed by atoms with Gasteiger partial charge < -0.3 is 5.32 Å². The van der Waals surface area contributed by atoms with E-state index in [1.54, 1.807) is 12.1 Å². The van der Waals surface area contributed by atoms with E-state index in [2.05, 4.69) is 18.8 Å². The second-order valence-corrected chi connectivity index (χ2v) is 4.83. The molecule has 0 amide bonds. The van der Waals surface area contributed by atoms with Gasteiger partial charge in [-0.05, 0) is 55.0 Å². The Morgan fingerprint density at radius 1 is 1.59 bits per heavy atom. The average Bonchev–Trinajstić information content (AvgIpc) is 2.82.